The molecule has 1 heteroatoms. The Kier molecular flexibility index (Phi) is 18.7. The highest BCUT2D eigenvalue weighted by Gasteiger charge is 2.06. The van der Waals surface area contributed by atoms with Gasteiger partial charge >= 0.3 is 0 Å². The first-order valence-electron chi connectivity index (χ1n) is 11.8. The maximum absolute atomic E-state index is 2.78. The highest BCUT2D eigenvalue weighted by molar-refractivity contribution is 4.61. The molecule has 0 bridgehead atoms. The molecule has 0 atom stereocenters. The molecule has 0 aliphatic rings. The van der Waals surface area contributed by atoms with Crippen molar-refractivity contribution in [1.82, 2.24) is 4.90 Å². The van der Waals surface area contributed by atoms with Gasteiger partial charge in [-0.25, -0.2) is 0 Å². The van der Waals surface area contributed by atoms with Gasteiger partial charge in [-0.15, -0.1) is 0 Å². The van der Waals surface area contributed by atoms with Crippen molar-refractivity contribution in [2.75, 3.05) is 19.6 Å². The summed E-state index contributed by atoms with van der Waals surface area (Å²) < 4.78 is 0. The number of rotatable bonds is 19. The summed E-state index contributed by atoms with van der Waals surface area (Å²) in [6.07, 6.45) is 19.9. The second-order valence-corrected chi connectivity index (χ2v) is 9.10. The Bertz CT molecular complexity index is 230. The molecular weight excluding hydrogens is 302 g/mol. The van der Waals surface area contributed by atoms with Crippen LogP contribution in [0, 0.1) is 11.8 Å². The van der Waals surface area contributed by atoms with Crippen LogP contribution in [0.2, 0.25) is 0 Å². The molecule has 25 heavy (non-hydrogen) atoms. The van der Waals surface area contributed by atoms with Gasteiger partial charge in [-0.2, -0.15) is 0 Å². The first-order valence-corrected chi connectivity index (χ1v) is 11.8. The molecule has 0 aromatic rings. The molecule has 0 spiro atoms. The lowest BCUT2D eigenvalue weighted by atomic mass is 10.0. The zero-order chi connectivity index (χ0) is 18.8. The molecular formula is C24H51N. The highest BCUT2D eigenvalue weighted by atomic mass is 15.1. The Labute approximate surface area is 161 Å². The smallest absolute Gasteiger partial charge is 0.00187 e. The van der Waals surface area contributed by atoms with Crippen LogP contribution in [0.3, 0.4) is 0 Å². The average molecular weight is 354 g/mol. The van der Waals surface area contributed by atoms with Crippen molar-refractivity contribution in [2.45, 2.75) is 125 Å². The second kappa shape index (κ2) is 18.7. The molecule has 0 unspecified atom stereocenters. The quantitative estimate of drug-likeness (QED) is 0.212. The van der Waals surface area contributed by atoms with Gasteiger partial charge in [-0.3, -0.25) is 0 Å². The van der Waals surface area contributed by atoms with Crippen molar-refractivity contribution in [2.24, 2.45) is 11.8 Å². The van der Waals surface area contributed by atoms with E-state index in [4.69, 9.17) is 0 Å². The van der Waals surface area contributed by atoms with E-state index in [1.165, 1.54) is 110 Å². The van der Waals surface area contributed by atoms with E-state index in [-0.39, 0.29) is 0 Å². The van der Waals surface area contributed by atoms with Crippen molar-refractivity contribution in [3.05, 3.63) is 0 Å². The standard InChI is InChI=1S/C24H51N/c1-6-7-8-9-10-11-12-15-20-25(21-16-13-18-23(2)3)22-17-14-19-24(4)5/h23-24H,6-22H2,1-5H3. The normalized spacial score (nSPS) is 12.0. The van der Waals surface area contributed by atoms with E-state index in [1.54, 1.807) is 0 Å². The number of unbranched alkanes of at least 4 members (excludes halogenated alkanes) is 9. The molecule has 0 heterocycles. The fourth-order valence-corrected chi connectivity index (χ4v) is 3.58. The van der Waals surface area contributed by atoms with E-state index in [0.29, 0.717) is 0 Å². The third-order valence-electron chi connectivity index (χ3n) is 5.34. The van der Waals surface area contributed by atoms with Gasteiger partial charge in [0.15, 0.2) is 0 Å². The summed E-state index contributed by atoms with van der Waals surface area (Å²) in [5, 5.41) is 0. The van der Waals surface area contributed by atoms with Crippen LogP contribution in [0.25, 0.3) is 0 Å². The zero-order valence-corrected chi connectivity index (χ0v) is 18.6. The molecule has 152 valence electrons. The highest BCUT2D eigenvalue weighted by Crippen LogP contribution is 2.12. The molecule has 0 saturated heterocycles. The predicted molar refractivity (Wildman–Crippen MR) is 116 cm³/mol. The average Bonchev–Trinajstić information content (AvgIpc) is 2.56. The van der Waals surface area contributed by atoms with E-state index in [9.17, 15) is 0 Å². The SMILES string of the molecule is CCCCCCCCCCN(CCCCC(C)C)CCCCC(C)C. The Morgan fingerprint density at radius 1 is 0.480 bits per heavy atom. The number of hydrogen-bond acceptors (Lipinski definition) is 1. The van der Waals surface area contributed by atoms with E-state index < -0.39 is 0 Å². The first kappa shape index (κ1) is 25.0. The molecule has 0 aromatic carbocycles. The van der Waals surface area contributed by atoms with Crippen LogP contribution in [0.1, 0.15) is 125 Å². The van der Waals surface area contributed by atoms with Crippen molar-refractivity contribution in [3.63, 3.8) is 0 Å². The summed E-state index contributed by atoms with van der Waals surface area (Å²) in [5.41, 5.74) is 0. The van der Waals surface area contributed by atoms with Gasteiger partial charge in [-0.1, -0.05) is 105 Å². The first-order chi connectivity index (χ1) is 12.1. The number of nitrogens with zero attached hydrogens (tertiary/aromatic N) is 1. The summed E-state index contributed by atoms with van der Waals surface area (Å²) >= 11 is 0. The Morgan fingerprint density at radius 2 is 0.840 bits per heavy atom. The van der Waals surface area contributed by atoms with Crippen molar-refractivity contribution >= 4 is 0 Å². The van der Waals surface area contributed by atoms with Crippen LogP contribution < -0.4 is 0 Å². The molecule has 0 amide bonds. The molecule has 0 aromatic heterocycles. The van der Waals surface area contributed by atoms with Gasteiger partial charge in [0.2, 0.25) is 0 Å². The Hall–Kier alpha value is -0.0400. The van der Waals surface area contributed by atoms with E-state index in [2.05, 4.69) is 39.5 Å². The molecule has 0 aliphatic carbocycles. The largest absolute Gasteiger partial charge is 0.303 e. The van der Waals surface area contributed by atoms with E-state index in [0.717, 1.165) is 11.8 Å². The molecule has 0 N–H and O–H groups in total. The van der Waals surface area contributed by atoms with Gasteiger partial charge in [0.25, 0.3) is 0 Å². The van der Waals surface area contributed by atoms with Gasteiger partial charge in [0.1, 0.15) is 0 Å². The van der Waals surface area contributed by atoms with E-state index >= 15 is 0 Å². The topological polar surface area (TPSA) is 3.24 Å². The summed E-state index contributed by atoms with van der Waals surface area (Å²) in [6, 6.07) is 0. The minimum Gasteiger partial charge on any atom is -0.303 e. The van der Waals surface area contributed by atoms with Crippen LogP contribution >= 0.6 is 0 Å². The fraction of sp³-hybridized carbons (Fsp3) is 1.00. The summed E-state index contributed by atoms with van der Waals surface area (Å²) in [5.74, 6) is 1.74. The lowest BCUT2D eigenvalue weighted by Crippen LogP contribution is -2.27. The van der Waals surface area contributed by atoms with Crippen molar-refractivity contribution in [1.29, 1.82) is 0 Å². The number of hydrogen-bond donors (Lipinski definition) is 0. The summed E-state index contributed by atoms with van der Waals surface area (Å²) in [4.78, 5) is 2.78. The van der Waals surface area contributed by atoms with Crippen molar-refractivity contribution in [3.8, 4) is 0 Å². The van der Waals surface area contributed by atoms with Gasteiger partial charge in [0.05, 0.1) is 0 Å². The van der Waals surface area contributed by atoms with Gasteiger partial charge in [0, 0.05) is 0 Å². The zero-order valence-electron chi connectivity index (χ0n) is 18.6. The molecule has 0 fully saturated rings. The lowest BCUT2D eigenvalue weighted by Gasteiger charge is -2.23. The molecule has 0 saturated carbocycles. The maximum Gasteiger partial charge on any atom is -0.00187 e. The molecule has 1 nitrogen and oxygen atoms in total. The third-order valence-corrected chi connectivity index (χ3v) is 5.34. The third kappa shape index (κ3) is 20.1. The molecule has 0 rings (SSSR count). The second-order valence-electron chi connectivity index (χ2n) is 9.10. The van der Waals surface area contributed by atoms with E-state index in [1.807, 2.05) is 0 Å². The van der Waals surface area contributed by atoms with Crippen LogP contribution in [-0.4, -0.2) is 24.5 Å². The van der Waals surface area contributed by atoms with Crippen LogP contribution in [0.5, 0.6) is 0 Å². The maximum atomic E-state index is 2.78. The Balaban J connectivity index is 3.79. The Morgan fingerprint density at radius 3 is 1.24 bits per heavy atom. The van der Waals surface area contributed by atoms with Crippen LogP contribution in [0.4, 0.5) is 0 Å². The van der Waals surface area contributed by atoms with Crippen LogP contribution in [-0.2, 0) is 0 Å². The fourth-order valence-electron chi connectivity index (χ4n) is 3.58. The van der Waals surface area contributed by atoms with Crippen LogP contribution in [0.15, 0.2) is 0 Å². The minimum atomic E-state index is 0.868. The summed E-state index contributed by atoms with van der Waals surface area (Å²) in [7, 11) is 0. The minimum absolute atomic E-state index is 0.868. The van der Waals surface area contributed by atoms with Crippen molar-refractivity contribution < 1.29 is 0 Å². The van der Waals surface area contributed by atoms with Gasteiger partial charge < -0.3 is 4.90 Å². The monoisotopic (exact) mass is 353 g/mol. The summed E-state index contributed by atoms with van der Waals surface area (Å²) in [6.45, 7) is 15.7. The molecule has 0 radical (unpaired) electrons. The molecule has 0 aliphatic heterocycles. The van der Waals surface area contributed by atoms with Gasteiger partial charge in [-0.05, 0) is 50.7 Å². The lowest BCUT2D eigenvalue weighted by molar-refractivity contribution is 0.251. The predicted octanol–water partition coefficient (Wildman–Crippen LogP) is 8.08.